The molecule has 1 aromatic heterocycles. The summed E-state index contributed by atoms with van der Waals surface area (Å²) >= 11 is 0. The Hall–Kier alpha value is -3.85. The molecule has 0 N–H and O–H groups in total. The molecule has 0 bridgehead atoms. The number of aryl methyl sites for hydroxylation is 2. The molecular formula is C25H24N4O2. The minimum absolute atomic E-state index is 0.0394. The number of anilines is 1. The molecule has 1 aliphatic heterocycles. The quantitative estimate of drug-likeness (QED) is 0.639. The van der Waals surface area contributed by atoms with E-state index in [-0.39, 0.29) is 11.6 Å². The Bertz CT molecular complexity index is 1150. The van der Waals surface area contributed by atoms with Crippen LogP contribution in [0.2, 0.25) is 0 Å². The van der Waals surface area contributed by atoms with Crippen LogP contribution in [0.25, 0.3) is 12.2 Å². The van der Waals surface area contributed by atoms with Crippen molar-refractivity contribution < 1.29 is 9.21 Å². The molecule has 0 saturated carbocycles. The second kappa shape index (κ2) is 8.88. The van der Waals surface area contributed by atoms with Crippen molar-refractivity contribution in [3.8, 4) is 6.07 Å². The van der Waals surface area contributed by atoms with Gasteiger partial charge in [0.25, 0.3) is 5.91 Å². The van der Waals surface area contributed by atoms with E-state index in [9.17, 15) is 10.1 Å². The minimum Gasteiger partial charge on any atom is -0.420 e. The van der Waals surface area contributed by atoms with E-state index in [1.807, 2.05) is 78.3 Å². The highest BCUT2D eigenvalue weighted by atomic mass is 16.4. The van der Waals surface area contributed by atoms with Crippen molar-refractivity contribution in [2.75, 3.05) is 31.1 Å². The van der Waals surface area contributed by atoms with Gasteiger partial charge in [0.15, 0.2) is 0 Å². The van der Waals surface area contributed by atoms with E-state index < -0.39 is 0 Å². The molecule has 0 radical (unpaired) electrons. The lowest BCUT2D eigenvalue weighted by atomic mass is 10.1. The fraction of sp³-hybridized carbons (Fsp3) is 0.240. The van der Waals surface area contributed by atoms with Crippen molar-refractivity contribution in [1.82, 2.24) is 9.88 Å². The fourth-order valence-electron chi connectivity index (χ4n) is 3.63. The smallest absolute Gasteiger partial charge is 0.254 e. The summed E-state index contributed by atoms with van der Waals surface area (Å²) < 4.78 is 5.89. The van der Waals surface area contributed by atoms with Crippen molar-refractivity contribution >= 4 is 23.9 Å². The second-order valence-corrected chi connectivity index (χ2v) is 7.66. The number of piperazine rings is 1. The first-order valence-electron chi connectivity index (χ1n) is 10.3. The summed E-state index contributed by atoms with van der Waals surface area (Å²) in [7, 11) is 0. The molecule has 0 unspecified atom stereocenters. The highest BCUT2D eigenvalue weighted by Gasteiger charge is 2.27. The maximum Gasteiger partial charge on any atom is 0.254 e. The van der Waals surface area contributed by atoms with E-state index in [0.717, 1.165) is 16.7 Å². The molecule has 6 nitrogen and oxygen atoms in total. The Balaban J connectivity index is 1.45. The highest BCUT2D eigenvalue weighted by Crippen LogP contribution is 2.25. The van der Waals surface area contributed by atoms with Gasteiger partial charge in [0, 0.05) is 37.8 Å². The maximum atomic E-state index is 12.8. The molecule has 156 valence electrons. The average molecular weight is 412 g/mol. The maximum absolute atomic E-state index is 12.8. The molecule has 1 amide bonds. The zero-order chi connectivity index (χ0) is 21.8. The van der Waals surface area contributed by atoms with Gasteiger partial charge in [-0.3, -0.25) is 4.79 Å². The lowest BCUT2D eigenvalue weighted by molar-refractivity contribution is 0.0744. The third kappa shape index (κ3) is 4.51. The molecule has 2 heterocycles. The van der Waals surface area contributed by atoms with E-state index in [1.165, 1.54) is 5.56 Å². The van der Waals surface area contributed by atoms with Crippen LogP contribution in [0.1, 0.15) is 38.6 Å². The van der Waals surface area contributed by atoms with Crippen LogP contribution in [0, 0.1) is 25.2 Å². The first kappa shape index (κ1) is 20.4. The van der Waals surface area contributed by atoms with Gasteiger partial charge in [-0.1, -0.05) is 48.0 Å². The number of nitrogens with zero attached hydrogens (tertiary/aromatic N) is 4. The Morgan fingerprint density at radius 1 is 1.03 bits per heavy atom. The van der Waals surface area contributed by atoms with Crippen LogP contribution < -0.4 is 4.90 Å². The fourth-order valence-corrected chi connectivity index (χ4v) is 3.63. The predicted octanol–water partition coefficient (Wildman–Crippen LogP) is 4.30. The Morgan fingerprint density at radius 2 is 1.74 bits per heavy atom. The highest BCUT2D eigenvalue weighted by molar-refractivity contribution is 5.95. The molecule has 6 heteroatoms. The van der Waals surface area contributed by atoms with Gasteiger partial charge in [0.2, 0.25) is 17.5 Å². The summed E-state index contributed by atoms with van der Waals surface area (Å²) in [5, 5.41) is 9.51. The molecule has 1 fully saturated rings. The number of benzene rings is 2. The van der Waals surface area contributed by atoms with Gasteiger partial charge >= 0.3 is 0 Å². The minimum atomic E-state index is 0.0394. The van der Waals surface area contributed by atoms with Crippen molar-refractivity contribution in [2.24, 2.45) is 0 Å². The summed E-state index contributed by atoms with van der Waals surface area (Å²) in [5.74, 6) is 0.900. The average Bonchev–Trinajstić information content (AvgIpc) is 3.22. The molecule has 1 aliphatic rings. The topological polar surface area (TPSA) is 73.4 Å². The van der Waals surface area contributed by atoms with Crippen LogP contribution in [0.15, 0.2) is 52.9 Å². The van der Waals surface area contributed by atoms with E-state index >= 15 is 0 Å². The van der Waals surface area contributed by atoms with Crippen LogP contribution in [0.3, 0.4) is 0 Å². The van der Waals surface area contributed by atoms with E-state index in [4.69, 9.17) is 4.42 Å². The van der Waals surface area contributed by atoms with Crippen LogP contribution in [0.5, 0.6) is 0 Å². The normalized spacial score (nSPS) is 14.1. The van der Waals surface area contributed by atoms with E-state index in [2.05, 4.69) is 11.1 Å². The lowest BCUT2D eigenvalue weighted by Gasteiger charge is -2.34. The van der Waals surface area contributed by atoms with Gasteiger partial charge in [0.05, 0.1) is 0 Å². The monoisotopic (exact) mass is 412 g/mol. The Labute approximate surface area is 182 Å². The van der Waals surface area contributed by atoms with Gasteiger partial charge in [-0.05, 0) is 37.1 Å². The summed E-state index contributed by atoms with van der Waals surface area (Å²) in [6, 6.07) is 17.9. The van der Waals surface area contributed by atoms with Crippen LogP contribution in [-0.4, -0.2) is 42.0 Å². The van der Waals surface area contributed by atoms with Crippen LogP contribution in [0.4, 0.5) is 5.88 Å². The third-order valence-corrected chi connectivity index (χ3v) is 5.46. The summed E-state index contributed by atoms with van der Waals surface area (Å²) in [6.45, 7) is 6.29. The number of rotatable bonds is 4. The summed E-state index contributed by atoms with van der Waals surface area (Å²) in [6.07, 6.45) is 3.68. The number of hydrogen-bond acceptors (Lipinski definition) is 5. The largest absolute Gasteiger partial charge is 0.420 e. The molecule has 3 aromatic rings. The predicted molar refractivity (Wildman–Crippen MR) is 121 cm³/mol. The first-order chi connectivity index (χ1) is 15.0. The van der Waals surface area contributed by atoms with Crippen molar-refractivity contribution in [3.63, 3.8) is 0 Å². The zero-order valence-corrected chi connectivity index (χ0v) is 17.7. The number of aromatic nitrogens is 1. The SMILES string of the molecule is Cc1ccc(C=Cc2nc(C#N)c(N3CCN(C(=O)c4ccccc4C)CC3)o2)cc1. The number of oxazole rings is 1. The molecule has 2 aromatic carbocycles. The Morgan fingerprint density at radius 3 is 2.42 bits per heavy atom. The standard InChI is InChI=1S/C25H24N4O2/c1-18-7-9-20(10-8-18)11-12-23-27-22(17-26)25(31-23)29-15-13-28(14-16-29)24(30)21-6-4-3-5-19(21)2/h3-12H,13-16H2,1-2H3. The zero-order valence-electron chi connectivity index (χ0n) is 17.7. The van der Waals surface area contributed by atoms with Gasteiger partial charge in [0.1, 0.15) is 6.07 Å². The summed E-state index contributed by atoms with van der Waals surface area (Å²) in [4.78, 5) is 21.0. The van der Waals surface area contributed by atoms with Crippen LogP contribution >= 0.6 is 0 Å². The van der Waals surface area contributed by atoms with Gasteiger partial charge in [-0.25, -0.2) is 0 Å². The van der Waals surface area contributed by atoms with Gasteiger partial charge < -0.3 is 14.2 Å². The lowest BCUT2D eigenvalue weighted by Crippen LogP contribution is -2.49. The molecule has 0 atom stereocenters. The molecule has 4 rings (SSSR count). The van der Waals surface area contributed by atoms with Crippen LogP contribution in [-0.2, 0) is 0 Å². The third-order valence-electron chi connectivity index (χ3n) is 5.46. The number of amides is 1. The van der Waals surface area contributed by atoms with Crippen molar-refractivity contribution in [1.29, 1.82) is 5.26 Å². The number of carbonyl (C=O) groups is 1. The number of nitriles is 1. The van der Waals surface area contributed by atoms with Crippen molar-refractivity contribution in [2.45, 2.75) is 13.8 Å². The molecule has 0 aliphatic carbocycles. The molecular weight excluding hydrogens is 388 g/mol. The van der Waals surface area contributed by atoms with E-state index in [0.29, 0.717) is 38.0 Å². The first-order valence-corrected chi connectivity index (χ1v) is 10.3. The molecule has 1 saturated heterocycles. The second-order valence-electron chi connectivity index (χ2n) is 7.66. The van der Waals surface area contributed by atoms with Gasteiger partial charge in [-0.15, -0.1) is 0 Å². The Kier molecular flexibility index (Phi) is 5.85. The van der Waals surface area contributed by atoms with Gasteiger partial charge in [-0.2, -0.15) is 10.2 Å². The molecule has 31 heavy (non-hydrogen) atoms. The molecule has 0 spiro atoms. The number of hydrogen-bond donors (Lipinski definition) is 0. The van der Waals surface area contributed by atoms with E-state index in [1.54, 1.807) is 6.08 Å². The number of carbonyl (C=O) groups excluding carboxylic acids is 1. The summed E-state index contributed by atoms with van der Waals surface area (Å²) in [5.41, 5.74) is 4.20. The van der Waals surface area contributed by atoms with Crippen molar-refractivity contribution in [3.05, 3.63) is 82.4 Å².